The van der Waals surface area contributed by atoms with Crippen LogP contribution in [0.5, 0.6) is 0 Å². The maximum Gasteiger partial charge on any atom is 0.350 e. The Labute approximate surface area is 204 Å². The molecule has 1 saturated carbocycles. The average Bonchev–Trinajstić information content (AvgIpc) is 3.46. The predicted octanol–water partition coefficient (Wildman–Crippen LogP) is 1.40. The molecule has 1 unspecified atom stereocenters. The molecule has 35 heavy (non-hydrogen) atoms. The molecular formula is C24H34O11. The van der Waals surface area contributed by atoms with Gasteiger partial charge in [0, 0.05) is 38.2 Å². The van der Waals surface area contributed by atoms with Gasteiger partial charge in [0.25, 0.3) is 6.29 Å². The Kier molecular flexibility index (Phi) is 7.80. The number of carbonyl (C=O) groups excluding carboxylic acids is 4. The highest BCUT2D eigenvalue weighted by molar-refractivity contribution is 5.79. The van der Waals surface area contributed by atoms with Crippen molar-refractivity contribution in [3.8, 4) is 0 Å². The van der Waals surface area contributed by atoms with E-state index in [-0.39, 0.29) is 43.5 Å². The summed E-state index contributed by atoms with van der Waals surface area (Å²) in [6.07, 6.45) is -2.07. The van der Waals surface area contributed by atoms with Crippen molar-refractivity contribution in [2.75, 3.05) is 13.2 Å². The van der Waals surface area contributed by atoms with Crippen LogP contribution < -0.4 is 0 Å². The summed E-state index contributed by atoms with van der Waals surface area (Å²) in [5.41, 5.74) is -2.65. The lowest BCUT2D eigenvalue weighted by atomic mass is 9.79. The van der Waals surface area contributed by atoms with Crippen LogP contribution >= 0.6 is 0 Å². The van der Waals surface area contributed by atoms with E-state index in [4.69, 9.17) is 28.4 Å². The number of fused-ring (bicyclic) bond motifs is 2. The molecule has 0 aromatic carbocycles. The minimum absolute atomic E-state index is 0.0658. The Morgan fingerprint density at radius 1 is 1.11 bits per heavy atom. The summed E-state index contributed by atoms with van der Waals surface area (Å²) < 4.78 is 32.9. The van der Waals surface area contributed by atoms with Gasteiger partial charge in [-0.25, -0.2) is 4.79 Å². The van der Waals surface area contributed by atoms with E-state index < -0.39 is 59.5 Å². The second kappa shape index (κ2) is 10.1. The second-order valence-electron chi connectivity index (χ2n) is 10.1. The van der Waals surface area contributed by atoms with Gasteiger partial charge < -0.3 is 33.5 Å². The Balaban J connectivity index is 1.90. The Morgan fingerprint density at radius 3 is 2.29 bits per heavy atom. The molecule has 2 fully saturated rings. The lowest BCUT2D eigenvalue weighted by molar-refractivity contribution is -0.217. The highest BCUT2D eigenvalue weighted by atomic mass is 16.7. The maximum atomic E-state index is 12.9. The number of hydrogen-bond donors (Lipinski definition) is 1. The molecule has 1 spiro atoms. The van der Waals surface area contributed by atoms with E-state index in [2.05, 4.69) is 0 Å². The van der Waals surface area contributed by atoms with Crippen LogP contribution in [0.4, 0.5) is 0 Å². The van der Waals surface area contributed by atoms with Crippen molar-refractivity contribution < 1.29 is 52.7 Å². The lowest BCUT2D eigenvalue weighted by Gasteiger charge is -2.40. The Hall–Kier alpha value is -2.66. The Morgan fingerprint density at radius 2 is 1.77 bits per heavy atom. The number of epoxide rings is 1. The molecule has 2 aliphatic heterocycles. The fourth-order valence-electron chi connectivity index (χ4n) is 4.68. The molecule has 1 aliphatic carbocycles. The zero-order chi connectivity index (χ0) is 26.1. The van der Waals surface area contributed by atoms with E-state index in [9.17, 15) is 24.3 Å². The number of ether oxygens (including phenoxy) is 6. The summed E-state index contributed by atoms with van der Waals surface area (Å²) in [7, 11) is 0. The summed E-state index contributed by atoms with van der Waals surface area (Å²) in [6, 6.07) is 0. The molecule has 1 saturated heterocycles. The van der Waals surface area contributed by atoms with Gasteiger partial charge in [-0.1, -0.05) is 27.7 Å². The first-order valence-corrected chi connectivity index (χ1v) is 11.7. The standard InChI is InChI=1S/C24H34O11/c1-12(2)7-18(27)34-17-8-23(29)16(9-30-14(5)25)10-31-22(20(23)24(17)11-32-24)35-21(28)19(13(3)4)33-15(6)26/h10,12-13,17,19-20,22,29H,7-9,11H2,1-6H3/t17-,19?,20-,22-,23-,24+/m0/s1. The van der Waals surface area contributed by atoms with Crippen molar-refractivity contribution in [1.82, 2.24) is 0 Å². The van der Waals surface area contributed by atoms with Crippen molar-refractivity contribution in [2.24, 2.45) is 17.8 Å². The molecule has 3 rings (SSSR count). The van der Waals surface area contributed by atoms with E-state index in [0.29, 0.717) is 0 Å². The van der Waals surface area contributed by atoms with Crippen LogP contribution in [0.15, 0.2) is 11.8 Å². The maximum absolute atomic E-state index is 12.9. The third kappa shape index (κ3) is 5.61. The summed E-state index contributed by atoms with van der Waals surface area (Å²) in [5, 5.41) is 11.8. The van der Waals surface area contributed by atoms with Crippen LogP contribution in [0.25, 0.3) is 0 Å². The van der Waals surface area contributed by atoms with Gasteiger partial charge in [-0.3, -0.25) is 14.4 Å². The van der Waals surface area contributed by atoms with E-state index in [1.54, 1.807) is 13.8 Å². The first-order valence-electron chi connectivity index (χ1n) is 11.7. The number of rotatable bonds is 9. The quantitative estimate of drug-likeness (QED) is 0.279. The van der Waals surface area contributed by atoms with Crippen LogP contribution in [0.2, 0.25) is 0 Å². The summed E-state index contributed by atoms with van der Waals surface area (Å²) in [4.78, 5) is 48.2. The molecule has 0 aromatic rings. The van der Waals surface area contributed by atoms with E-state index in [0.717, 1.165) is 0 Å². The third-order valence-electron chi connectivity index (χ3n) is 6.38. The number of aliphatic hydroxyl groups is 1. The fourth-order valence-corrected chi connectivity index (χ4v) is 4.68. The number of carbonyl (C=O) groups is 4. The van der Waals surface area contributed by atoms with Crippen LogP contribution in [0, 0.1) is 17.8 Å². The molecule has 196 valence electrons. The topological polar surface area (TPSA) is 147 Å². The van der Waals surface area contributed by atoms with Crippen LogP contribution in [0.1, 0.15) is 54.4 Å². The van der Waals surface area contributed by atoms with Crippen LogP contribution in [-0.4, -0.2) is 71.9 Å². The lowest BCUT2D eigenvalue weighted by Crippen LogP contribution is -2.54. The zero-order valence-electron chi connectivity index (χ0n) is 20.9. The fraction of sp³-hybridized carbons (Fsp3) is 0.750. The van der Waals surface area contributed by atoms with Crippen molar-refractivity contribution in [3.05, 3.63) is 11.8 Å². The SMILES string of the molecule is CC(=O)OCC1=CO[C@@H](OC(=O)C(OC(C)=O)C(C)C)[C@@H]2[C@@]3(CO3)[C@@H](OC(=O)CC(C)C)C[C@]12O. The van der Waals surface area contributed by atoms with Gasteiger partial charge in [-0.2, -0.15) is 0 Å². The van der Waals surface area contributed by atoms with Gasteiger partial charge in [-0.15, -0.1) is 0 Å². The first-order chi connectivity index (χ1) is 16.3. The summed E-state index contributed by atoms with van der Waals surface area (Å²) >= 11 is 0. The van der Waals surface area contributed by atoms with Gasteiger partial charge in [0.1, 0.15) is 29.8 Å². The minimum atomic E-state index is -1.72. The highest BCUT2D eigenvalue weighted by Crippen LogP contribution is 2.59. The van der Waals surface area contributed by atoms with Crippen LogP contribution in [-0.2, 0) is 47.6 Å². The van der Waals surface area contributed by atoms with Crippen molar-refractivity contribution >= 4 is 23.9 Å². The number of esters is 4. The van der Waals surface area contributed by atoms with Gasteiger partial charge >= 0.3 is 23.9 Å². The molecule has 6 atom stereocenters. The third-order valence-corrected chi connectivity index (χ3v) is 6.38. The molecular weight excluding hydrogens is 464 g/mol. The van der Waals surface area contributed by atoms with Crippen molar-refractivity contribution in [1.29, 1.82) is 0 Å². The van der Waals surface area contributed by atoms with E-state index in [1.165, 1.54) is 20.1 Å². The van der Waals surface area contributed by atoms with Gasteiger partial charge in [0.15, 0.2) is 0 Å². The molecule has 0 radical (unpaired) electrons. The molecule has 0 aromatic heterocycles. The molecule has 11 heteroatoms. The zero-order valence-corrected chi connectivity index (χ0v) is 20.9. The number of hydrogen-bond acceptors (Lipinski definition) is 11. The van der Waals surface area contributed by atoms with E-state index >= 15 is 0 Å². The minimum Gasteiger partial charge on any atom is -0.462 e. The molecule has 2 heterocycles. The monoisotopic (exact) mass is 498 g/mol. The second-order valence-corrected chi connectivity index (χ2v) is 10.1. The van der Waals surface area contributed by atoms with Gasteiger partial charge in [-0.05, 0) is 5.92 Å². The van der Waals surface area contributed by atoms with Gasteiger partial charge in [0.2, 0.25) is 6.10 Å². The molecule has 11 nitrogen and oxygen atoms in total. The smallest absolute Gasteiger partial charge is 0.350 e. The average molecular weight is 499 g/mol. The molecule has 3 aliphatic rings. The first kappa shape index (κ1) is 26.9. The van der Waals surface area contributed by atoms with Crippen molar-refractivity contribution in [2.45, 2.75) is 84.1 Å². The van der Waals surface area contributed by atoms with Crippen molar-refractivity contribution in [3.63, 3.8) is 0 Å². The molecule has 0 amide bonds. The predicted molar refractivity (Wildman–Crippen MR) is 117 cm³/mol. The van der Waals surface area contributed by atoms with Crippen LogP contribution in [0.3, 0.4) is 0 Å². The summed E-state index contributed by atoms with van der Waals surface area (Å²) in [5.74, 6) is -3.82. The molecule has 1 N–H and O–H groups in total. The normalized spacial score (nSPS) is 31.8. The van der Waals surface area contributed by atoms with Gasteiger partial charge in [0.05, 0.1) is 12.9 Å². The Bertz CT molecular complexity index is 888. The highest BCUT2D eigenvalue weighted by Gasteiger charge is 2.76. The largest absolute Gasteiger partial charge is 0.462 e. The van der Waals surface area contributed by atoms with E-state index in [1.807, 2.05) is 13.8 Å². The summed E-state index contributed by atoms with van der Waals surface area (Å²) in [6.45, 7) is 9.42. The molecule has 0 bridgehead atoms.